The average molecular weight is 465 g/mol. The molecule has 0 heterocycles. The summed E-state index contributed by atoms with van der Waals surface area (Å²) in [5.74, 6) is 0. The first-order valence-corrected chi connectivity index (χ1v) is 15.0. The summed E-state index contributed by atoms with van der Waals surface area (Å²) in [6.45, 7) is 4.44. The van der Waals surface area contributed by atoms with Crippen molar-refractivity contribution in [3.05, 3.63) is 0 Å². The molecule has 0 spiro atoms. The van der Waals surface area contributed by atoms with E-state index in [1.807, 2.05) is 0 Å². The maximum atomic E-state index is 15.0. The first-order chi connectivity index (χ1) is 14.9. The molecule has 0 aliphatic rings. The predicted octanol–water partition coefficient (Wildman–Crippen LogP) is 9.55. The van der Waals surface area contributed by atoms with E-state index < -0.39 is 15.1 Å². The number of hydrogen-bond donors (Lipinski definition) is 1. The van der Waals surface area contributed by atoms with Gasteiger partial charge in [0.2, 0.25) is 5.00 Å². The average Bonchev–Trinajstić information content (AvgIpc) is 2.72. The van der Waals surface area contributed by atoms with Gasteiger partial charge in [0.25, 0.3) is 10.1 Å². The number of alkyl halides is 1. The van der Waals surface area contributed by atoms with Crippen LogP contribution in [0.3, 0.4) is 0 Å². The smallest absolute Gasteiger partial charge is 0.283 e. The Morgan fingerprint density at radius 2 is 0.742 bits per heavy atom. The minimum atomic E-state index is -4.65. The van der Waals surface area contributed by atoms with Gasteiger partial charge in [0, 0.05) is 0 Å². The van der Waals surface area contributed by atoms with Crippen molar-refractivity contribution in [2.45, 2.75) is 167 Å². The minimum absolute atomic E-state index is 0.0692. The Bertz CT molecular complexity index is 481. The second-order valence-electron chi connectivity index (χ2n) is 9.58. The van der Waals surface area contributed by atoms with E-state index >= 15 is 0 Å². The number of halogens is 1. The van der Waals surface area contributed by atoms with Crippen molar-refractivity contribution in [1.82, 2.24) is 0 Å². The van der Waals surface area contributed by atoms with Crippen LogP contribution in [0.25, 0.3) is 0 Å². The van der Waals surface area contributed by atoms with Gasteiger partial charge in [-0.25, -0.2) is 4.39 Å². The first kappa shape index (κ1) is 30.8. The second kappa shape index (κ2) is 20.4. The summed E-state index contributed by atoms with van der Waals surface area (Å²) >= 11 is 0. The fourth-order valence-corrected chi connectivity index (χ4v) is 5.12. The van der Waals surface area contributed by atoms with E-state index in [1.165, 1.54) is 83.5 Å². The summed E-state index contributed by atoms with van der Waals surface area (Å²) in [6, 6.07) is 0. The van der Waals surface area contributed by atoms with E-state index in [4.69, 9.17) is 0 Å². The summed E-state index contributed by atoms with van der Waals surface area (Å²) in [7, 11) is -4.65. The van der Waals surface area contributed by atoms with E-state index in [9.17, 15) is 17.4 Å². The van der Waals surface area contributed by atoms with Gasteiger partial charge in [-0.2, -0.15) is 8.42 Å². The van der Waals surface area contributed by atoms with Crippen molar-refractivity contribution in [3.63, 3.8) is 0 Å². The molecule has 0 radical (unpaired) electrons. The van der Waals surface area contributed by atoms with Crippen LogP contribution in [0.1, 0.15) is 162 Å². The molecule has 0 aromatic rings. The topological polar surface area (TPSA) is 54.4 Å². The van der Waals surface area contributed by atoms with Gasteiger partial charge in [-0.05, 0) is 25.7 Å². The SMILES string of the molecule is CCCCCCCCCCCCCCC(F)(CCCCCCCCCCC)S(=O)(=O)O. The van der Waals surface area contributed by atoms with Gasteiger partial charge in [0.1, 0.15) is 0 Å². The molecule has 0 aromatic carbocycles. The zero-order valence-corrected chi connectivity index (χ0v) is 21.6. The lowest BCUT2D eigenvalue weighted by molar-refractivity contribution is 0.203. The van der Waals surface area contributed by atoms with Crippen LogP contribution in [0.4, 0.5) is 4.39 Å². The van der Waals surface area contributed by atoms with Crippen LogP contribution in [0.2, 0.25) is 0 Å². The Morgan fingerprint density at radius 1 is 0.516 bits per heavy atom. The van der Waals surface area contributed by atoms with E-state index in [1.54, 1.807) is 0 Å². The Labute approximate surface area is 194 Å². The second-order valence-corrected chi connectivity index (χ2v) is 11.3. The van der Waals surface area contributed by atoms with Crippen LogP contribution in [0.5, 0.6) is 0 Å². The number of unbranched alkanes of at least 4 members (excludes halogenated alkanes) is 19. The fraction of sp³-hybridized carbons (Fsp3) is 1.00. The molecule has 3 nitrogen and oxygen atoms in total. The quantitative estimate of drug-likeness (QED) is 0.114. The van der Waals surface area contributed by atoms with Crippen LogP contribution in [0.15, 0.2) is 0 Å². The molecule has 0 saturated carbocycles. The van der Waals surface area contributed by atoms with Gasteiger partial charge < -0.3 is 0 Å². The van der Waals surface area contributed by atoms with Gasteiger partial charge >= 0.3 is 0 Å². The molecule has 0 aliphatic heterocycles. The normalized spacial score (nSPS) is 14.1. The van der Waals surface area contributed by atoms with E-state index in [0.717, 1.165) is 38.5 Å². The van der Waals surface area contributed by atoms with Crippen LogP contribution >= 0.6 is 0 Å². The molecule has 1 N–H and O–H groups in total. The summed E-state index contributed by atoms with van der Waals surface area (Å²) in [5.41, 5.74) is 0. The molecule has 0 amide bonds. The summed E-state index contributed by atoms with van der Waals surface area (Å²) in [6.07, 6.45) is 23.7. The standard InChI is InChI=1S/C26H53FO3S/c1-3-5-7-9-11-13-14-15-17-19-21-23-25-26(27,31(28,29)30)24-22-20-18-16-12-10-8-6-4-2/h3-25H2,1-2H3,(H,28,29,30). The first-order valence-electron chi connectivity index (χ1n) is 13.5. The molecule has 0 bridgehead atoms. The molecular weight excluding hydrogens is 411 g/mol. The third-order valence-corrected chi connectivity index (χ3v) is 7.85. The Hall–Kier alpha value is -0.160. The maximum absolute atomic E-state index is 15.0. The zero-order chi connectivity index (χ0) is 23.3. The monoisotopic (exact) mass is 464 g/mol. The van der Waals surface area contributed by atoms with Gasteiger partial charge in [-0.15, -0.1) is 0 Å². The van der Waals surface area contributed by atoms with Crippen molar-refractivity contribution in [2.75, 3.05) is 0 Å². The van der Waals surface area contributed by atoms with Crippen LogP contribution in [-0.2, 0) is 10.1 Å². The molecule has 0 saturated heterocycles. The highest BCUT2D eigenvalue weighted by Gasteiger charge is 2.42. The van der Waals surface area contributed by atoms with Crippen molar-refractivity contribution >= 4 is 10.1 Å². The molecule has 31 heavy (non-hydrogen) atoms. The van der Waals surface area contributed by atoms with Gasteiger partial charge in [-0.3, -0.25) is 4.55 Å². The third-order valence-electron chi connectivity index (χ3n) is 6.52. The molecule has 0 fully saturated rings. The lowest BCUT2D eigenvalue weighted by Crippen LogP contribution is -2.33. The molecule has 0 rings (SSSR count). The fourth-order valence-electron chi connectivity index (χ4n) is 4.31. The van der Waals surface area contributed by atoms with Crippen molar-refractivity contribution in [3.8, 4) is 0 Å². The molecule has 1 atom stereocenters. The maximum Gasteiger partial charge on any atom is 0.300 e. The molecule has 0 aromatic heterocycles. The zero-order valence-electron chi connectivity index (χ0n) is 20.8. The van der Waals surface area contributed by atoms with E-state index in [-0.39, 0.29) is 12.8 Å². The van der Waals surface area contributed by atoms with Crippen molar-refractivity contribution < 1.29 is 17.4 Å². The predicted molar refractivity (Wildman–Crippen MR) is 133 cm³/mol. The highest BCUT2D eigenvalue weighted by molar-refractivity contribution is 7.87. The minimum Gasteiger partial charge on any atom is -0.283 e. The lowest BCUT2D eigenvalue weighted by atomic mass is 10.0. The molecular formula is C26H53FO3S. The van der Waals surface area contributed by atoms with Crippen molar-refractivity contribution in [1.29, 1.82) is 0 Å². The number of hydrogen-bond acceptors (Lipinski definition) is 2. The molecule has 0 aliphatic carbocycles. The molecule has 1 unspecified atom stereocenters. The van der Waals surface area contributed by atoms with Gasteiger partial charge in [-0.1, -0.05) is 136 Å². The highest BCUT2D eigenvalue weighted by Crippen LogP contribution is 2.32. The highest BCUT2D eigenvalue weighted by atomic mass is 32.2. The van der Waals surface area contributed by atoms with Gasteiger partial charge in [0.05, 0.1) is 0 Å². The largest absolute Gasteiger partial charge is 0.300 e. The summed E-state index contributed by atoms with van der Waals surface area (Å²) < 4.78 is 47.7. The van der Waals surface area contributed by atoms with E-state index in [0.29, 0.717) is 12.8 Å². The Morgan fingerprint density at radius 3 is 0.968 bits per heavy atom. The summed E-state index contributed by atoms with van der Waals surface area (Å²) in [4.78, 5) is 0. The summed E-state index contributed by atoms with van der Waals surface area (Å²) in [5, 5.41) is -2.45. The van der Waals surface area contributed by atoms with E-state index in [2.05, 4.69) is 13.8 Å². The lowest BCUT2D eigenvalue weighted by Gasteiger charge is -2.22. The number of rotatable bonds is 24. The van der Waals surface area contributed by atoms with Gasteiger partial charge in [0.15, 0.2) is 0 Å². The third kappa shape index (κ3) is 18.0. The van der Waals surface area contributed by atoms with Crippen LogP contribution < -0.4 is 0 Å². The Kier molecular flexibility index (Phi) is 20.3. The van der Waals surface area contributed by atoms with Crippen molar-refractivity contribution in [2.24, 2.45) is 0 Å². The Balaban J connectivity index is 3.80. The molecule has 188 valence electrons. The van der Waals surface area contributed by atoms with Crippen LogP contribution in [-0.4, -0.2) is 18.0 Å². The van der Waals surface area contributed by atoms with Crippen LogP contribution in [0, 0.1) is 0 Å². The molecule has 5 heteroatoms.